The molecule has 6 nitrogen and oxygen atoms in total. The molecule has 3 aromatic carbocycles. The maximum atomic E-state index is 12.3. The summed E-state index contributed by atoms with van der Waals surface area (Å²) in [6.45, 7) is 2.03. The van der Waals surface area contributed by atoms with Crippen molar-refractivity contribution in [1.29, 1.82) is 0 Å². The molecule has 0 aromatic heterocycles. The van der Waals surface area contributed by atoms with E-state index in [4.69, 9.17) is 14.2 Å². The van der Waals surface area contributed by atoms with Crippen LogP contribution in [0.5, 0.6) is 17.2 Å². The maximum absolute atomic E-state index is 12.3. The molecule has 0 fully saturated rings. The molecule has 1 N–H and O–H groups in total. The average molecular weight is 388 g/mol. The Labute approximate surface area is 168 Å². The summed E-state index contributed by atoms with van der Waals surface area (Å²) < 4.78 is 15.9. The Bertz CT molecular complexity index is 1050. The number of hydrogen-bond acceptors (Lipinski definition) is 5. The number of nitrogens with one attached hydrogen (secondary N) is 1. The highest BCUT2D eigenvalue weighted by Crippen LogP contribution is 2.35. The zero-order valence-corrected chi connectivity index (χ0v) is 15.8. The number of ether oxygens (including phenoxy) is 3. The predicted molar refractivity (Wildman–Crippen MR) is 110 cm³/mol. The first-order valence-electron chi connectivity index (χ1n) is 9.55. The minimum atomic E-state index is -0.539. The Morgan fingerprint density at radius 2 is 1.86 bits per heavy atom. The van der Waals surface area contributed by atoms with Crippen LogP contribution in [0.2, 0.25) is 0 Å². The van der Waals surface area contributed by atoms with Crippen molar-refractivity contribution < 1.29 is 19.0 Å². The fourth-order valence-corrected chi connectivity index (χ4v) is 3.71. The summed E-state index contributed by atoms with van der Waals surface area (Å²) in [5.41, 5.74) is 4.44. The van der Waals surface area contributed by atoms with Gasteiger partial charge in [0.05, 0.1) is 0 Å². The van der Waals surface area contributed by atoms with Crippen molar-refractivity contribution in [3.05, 3.63) is 77.9 Å². The van der Waals surface area contributed by atoms with E-state index in [2.05, 4.69) is 40.5 Å². The molecule has 0 unspecified atom stereocenters. The molecule has 0 saturated heterocycles. The molecule has 3 aromatic rings. The van der Waals surface area contributed by atoms with E-state index in [-0.39, 0.29) is 6.79 Å². The summed E-state index contributed by atoms with van der Waals surface area (Å²) >= 11 is 0. The SMILES string of the molecule is O=C(Nc1ccc2c(c1)CCN2Cc1ccccc1)Oc1ccc2c(c1)OCO2. The molecule has 2 heterocycles. The number of amides is 1. The van der Waals surface area contributed by atoms with Gasteiger partial charge in [-0.2, -0.15) is 0 Å². The second kappa shape index (κ2) is 7.39. The molecule has 146 valence electrons. The second-order valence-electron chi connectivity index (χ2n) is 7.03. The highest BCUT2D eigenvalue weighted by atomic mass is 16.7. The Hall–Kier alpha value is -3.67. The summed E-state index contributed by atoms with van der Waals surface area (Å²) in [7, 11) is 0. The van der Waals surface area contributed by atoms with Gasteiger partial charge in [0.15, 0.2) is 11.5 Å². The smallest absolute Gasteiger partial charge is 0.417 e. The summed E-state index contributed by atoms with van der Waals surface area (Å²) in [6, 6.07) is 21.5. The van der Waals surface area contributed by atoms with Gasteiger partial charge in [0, 0.05) is 30.5 Å². The maximum Gasteiger partial charge on any atom is 0.417 e. The number of nitrogens with zero attached hydrogens (tertiary/aromatic N) is 1. The van der Waals surface area contributed by atoms with Crippen LogP contribution < -0.4 is 24.4 Å². The van der Waals surface area contributed by atoms with E-state index in [1.165, 1.54) is 16.8 Å². The first-order chi connectivity index (χ1) is 14.2. The van der Waals surface area contributed by atoms with Gasteiger partial charge in [-0.15, -0.1) is 0 Å². The van der Waals surface area contributed by atoms with E-state index in [9.17, 15) is 4.79 Å². The van der Waals surface area contributed by atoms with E-state index >= 15 is 0 Å². The molecule has 2 aliphatic heterocycles. The molecular formula is C23H20N2O4. The van der Waals surface area contributed by atoms with Crippen molar-refractivity contribution in [3.8, 4) is 17.2 Å². The summed E-state index contributed by atoms with van der Waals surface area (Å²) in [5.74, 6) is 1.63. The van der Waals surface area contributed by atoms with Gasteiger partial charge in [-0.05, 0) is 47.9 Å². The van der Waals surface area contributed by atoms with Crippen molar-refractivity contribution in [1.82, 2.24) is 0 Å². The molecule has 0 bridgehead atoms. The van der Waals surface area contributed by atoms with Gasteiger partial charge >= 0.3 is 6.09 Å². The van der Waals surface area contributed by atoms with Crippen molar-refractivity contribution >= 4 is 17.5 Å². The number of carbonyl (C=O) groups excluding carboxylic acids is 1. The molecule has 6 heteroatoms. The van der Waals surface area contributed by atoms with E-state index < -0.39 is 6.09 Å². The zero-order chi connectivity index (χ0) is 19.6. The number of benzene rings is 3. The molecule has 0 aliphatic carbocycles. The lowest BCUT2D eigenvalue weighted by molar-refractivity contribution is 0.174. The lowest BCUT2D eigenvalue weighted by Crippen LogP contribution is -2.19. The first-order valence-corrected chi connectivity index (χ1v) is 9.55. The molecule has 2 aliphatic rings. The van der Waals surface area contributed by atoms with Crippen molar-refractivity contribution in [2.24, 2.45) is 0 Å². The van der Waals surface area contributed by atoms with Crippen molar-refractivity contribution in [3.63, 3.8) is 0 Å². The second-order valence-corrected chi connectivity index (χ2v) is 7.03. The first kappa shape index (κ1) is 17.4. The lowest BCUT2D eigenvalue weighted by Gasteiger charge is -2.19. The van der Waals surface area contributed by atoms with Crippen LogP contribution in [0.3, 0.4) is 0 Å². The number of carbonyl (C=O) groups is 1. The van der Waals surface area contributed by atoms with Gasteiger partial charge in [0.2, 0.25) is 6.79 Å². The van der Waals surface area contributed by atoms with Crippen LogP contribution in [0.1, 0.15) is 11.1 Å². The number of rotatable bonds is 4. The average Bonchev–Trinajstić information content (AvgIpc) is 3.35. The van der Waals surface area contributed by atoms with Crippen LogP contribution in [0.4, 0.5) is 16.2 Å². The Kier molecular flexibility index (Phi) is 4.44. The quantitative estimate of drug-likeness (QED) is 0.708. The lowest BCUT2D eigenvalue weighted by atomic mass is 10.1. The van der Waals surface area contributed by atoms with Gasteiger partial charge in [-0.3, -0.25) is 5.32 Å². The third-order valence-electron chi connectivity index (χ3n) is 5.09. The number of anilines is 2. The van der Waals surface area contributed by atoms with Gasteiger partial charge in [-0.25, -0.2) is 4.79 Å². The van der Waals surface area contributed by atoms with Crippen molar-refractivity contribution in [2.75, 3.05) is 23.6 Å². The van der Waals surface area contributed by atoms with Crippen LogP contribution in [-0.4, -0.2) is 19.4 Å². The van der Waals surface area contributed by atoms with E-state index in [0.717, 1.165) is 25.2 Å². The molecule has 0 saturated carbocycles. The Balaban J connectivity index is 1.24. The molecule has 0 radical (unpaired) electrons. The number of hydrogen-bond donors (Lipinski definition) is 1. The van der Waals surface area contributed by atoms with Gasteiger partial charge in [0.1, 0.15) is 5.75 Å². The molecule has 0 spiro atoms. The van der Waals surface area contributed by atoms with Gasteiger partial charge in [-0.1, -0.05) is 30.3 Å². The topological polar surface area (TPSA) is 60.0 Å². The standard InChI is InChI=1S/C23H20N2O4/c26-23(29-19-7-9-21-22(13-19)28-15-27-21)24-18-6-8-20-17(12-18)10-11-25(20)14-16-4-2-1-3-5-16/h1-9,12-13H,10-11,14-15H2,(H,24,26). The van der Waals surface area contributed by atoms with Crippen LogP contribution in [0.15, 0.2) is 66.7 Å². The Morgan fingerprint density at radius 1 is 1.00 bits per heavy atom. The summed E-state index contributed by atoms with van der Waals surface area (Å²) in [4.78, 5) is 14.6. The van der Waals surface area contributed by atoms with Crippen LogP contribution in [-0.2, 0) is 13.0 Å². The monoisotopic (exact) mass is 388 g/mol. The molecule has 0 atom stereocenters. The van der Waals surface area contributed by atoms with Crippen LogP contribution >= 0.6 is 0 Å². The predicted octanol–water partition coefficient (Wildman–Crippen LogP) is 4.59. The summed E-state index contributed by atoms with van der Waals surface area (Å²) in [5, 5.41) is 2.80. The molecule has 1 amide bonds. The van der Waals surface area contributed by atoms with Crippen LogP contribution in [0, 0.1) is 0 Å². The normalized spacial score (nSPS) is 13.9. The van der Waals surface area contributed by atoms with Crippen molar-refractivity contribution in [2.45, 2.75) is 13.0 Å². The van der Waals surface area contributed by atoms with E-state index in [1.54, 1.807) is 18.2 Å². The van der Waals surface area contributed by atoms with E-state index in [1.807, 2.05) is 18.2 Å². The third kappa shape index (κ3) is 3.69. The fraction of sp³-hybridized carbons (Fsp3) is 0.174. The van der Waals surface area contributed by atoms with Crippen LogP contribution in [0.25, 0.3) is 0 Å². The van der Waals surface area contributed by atoms with Gasteiger partial charge in [0.25, 0.3) is 0 Å². The number of fused-ring (bicyclic) bond motifs is 2. The Morgan fingerprint density at radius 3 is 2.76 bits per heavy atom. The minimum Gasteiger partial charge on any atom is -0.454 e. The highest BCUT2D eigenvalue weighted by Gasteiger charge is 2.20. The summed E-state index contributed by atoms with van der Waals surface area (Å²) in [6.07, 6.45) is 0.414. The molecule has 29 heavy (non-hydrogen) atoms. The zero-order valence-electron chi connectivity index (χ0n) is 15.8. The fourth-order valence-electron chi connectivity index (χ4n) is 3.71. The largest absolute Gasteiger partial charge is 0.454 e. The van der Waals surface area contributed by atoms with Gasteiger partial charge < -0.3 is 19.1 Å². The van der Waals surface area contributed by atoms with E-state index in [0.29, 0.717) is 17.2 Å². The molecule has 5 rings (SSSR count). The highest BCUT2D eigenvalue weighted by molar-refractivity contribution is 5.87. The third-order valence-corrected chi connectivity index (χ3v) is 5.09. The minimum absolute atomic E-state index is 0.182. The molecular weight excluding hydrogens is 368 g/mol.